The molecule has 4 nitrogen and oxygen atoms in total. The molecule has 0 bridgehead atoms. The van der Waals surface area contributed by atoms with Crippen molar-refractivity contribution >= 4 is 5.82 Å². The molecule has 0 aromatic carbocycles. The van der Waals surface area contributed by atoms with Gasteiger partial charge in [0.15, 0.2) is 5.82 Å². The maximum Gasteiger partial charge on any atom is 0.162 e. The van der Waals surface area contributed by atoms with E-state index in [9.17, 15) is 0 Å². The van der Waals surface area contributed by atoms with Crippen molar-refractivity contribution in [1.82, 2.24) is 9.97 Å². The second-order valence-corrected chi connectivity index (χ2v) is 5.38. The molecule has 0 atom stereocenters. The highest BCUT2D eigenvalue weighted by Gasteiger charge is 2.33. The van der Waals surface area contributed by atoms with E-state index in [0.29, 0.717) is 6.61 Å². The Hall–Kier alpha value is -1.16. The minimum atomic E-state index is -0.366. The second-order valence-electron chi connectivity index (χ2n) is 5.38. The minimum absolute atomic E-state index is 0.366. The molecule has 1 heterocycles. The quantitative estimate of drug-likeness (QED) is 0.740. The highest BCUT2D eigenvalue weighted by molar-refractivity contribution is 5.46. The third-order valence-corrected chi connectivity index (χ3v) is 4.09. The Balaban J connectivity index is 3.33. The van der Waals surface area contributed by atoms with Gasteiger partial charge in [0.1, 0.15) is 11.4 Å². The van der Waals surface area contributed by atoms with Gasteiger partial charge in [-0.05, 0) is 39.5 Å². The van der Waals surface area contributed by atoms with Crippen LogP contribution >= 0.6 is 0 Å². The van der Waals surface area contributed by atoms with Crippen molar-refractivity contribution in [3.8, 4) is 0 Å². The van der Waals surface area contributed by atoms with Gasteiger partial charge in [0.2, 0.25) is 0 Å². The number of aryl methyl sites for hydroxylation is 1. The first-order valence-corrected chi connectivity index (χ1v) is 8.34. The van der Waals surface area contributed by atoms with E-state index in [1.165, 1.54) is 0 Å². The van der Waals surface area contributed by atoms with Crippen LogP contribution in [0, 0.1) is 6.92 Å². The fraction of sp³-hybridized carbons (Fsp3) is 0.765. The molecule has 1 aromatic rings. The van der Waals surface area contributed by atoms with Gasteiger partial charge in [-0.3, -0.25) is 0 Å². The summed E-state index contributed by atoms with van der Waals surface area (Å²) in [4.78, 5) is 9.62. The number of anilines is 1. The van der Waals surface area contributed by atoms with Gasteiger partial charge >= 0.3 is 0 Å². The molecule has 0 aliphatic carbocycles. The van der Waals surface area contributed by atoms with E-state index in [1.807, 2.05) is 6.92 Å². The van der Waals surface area contributed by atoms with Crippen LogP contribution in [0.5, 0.6) is 0 Å². The average molecular weight is 293 g/mol. The lowest BCUT2D eigenvalue weighted by atomic mass is 9.95. The SMILES string of the molecule is CCCNc1nc(C(CC)(CC)OCC)nc(CC)c1C. The van der Waals surface area contributed by atoms with Crippen LogP contribution in [0.25, 0.3) is 0 Å². The molecule has 0 saturated heterocycles. The molecule has 0 amide bonds. The van der Waals surface area contributed by atoms with E-state index in [4.69, 9.17) is 14.7 Å². The van der Waals surface area contributed by atoms with E-state index in [0.717, 1.165) is 55.1 Å². The predicted molar refractivity (Wildman–Crippen MR) is 88.8 cm³/mol. The molecule has 1 rings (SSSR count). The summed E-state index contributed by atoms with van der Waals surface area (Å²) in [7, 11) is 0. The van der Waals surface area contributed by atoms with Crippen molar-refractivity contribution in [1.29, 1.82) is 0 Å². The van der Waals surface area contributed by atoms with Crippen molar-refractivity contribution in [3.63, 3.8) is 0 Å². The number of aromatic nitrogens is 2. The smallest absolute Gasteiger partial charge is 0.162 e. The van der Waals surface area contributed by atoms with Crippen LogP contribution in [0.4, 0.5) is 5.82 Å². The van der Waals surface area contributed by atoms with Crippen LogP contribution in [0.2, 0.25) is 0 Å². The van der Waals surface area contributed by atoms with E-state index in [-0.39, 0.29) is 5.60 Å². The molecule has 1 N–H and O–H groups in total. The Bertz CT molecular complexity index is 442. The number of hydrogen-bond acceptors (Lipinski definition) is 4. The molecule has 0 spiro atoms. The summed E-state index contributed by atoms with van der Waals surface area (Å²) < 4.78 is 6.06. The van der Waals surface area contributed by atoms with Crippen molar-refractivity contribution in [2.45, 2.75) is 72.8 Å². The van der Waals surface area contributed by atoms with Gasteiger partial charge in [-0.2, -0.15) is 0 Å². The van der Waals surface area contributed by atoms with Crippen LogP contribution in [0.15, 0.2) is 0 Å². The zero-order valence-electron chi connectivity index (χ0n) is 14.5. The molecule has 0 unspecified atom stereocenters. The van der Waals surface area contributed by atoms with Gasteiger partial charge in [-0.1, -0.05) is 27.7 Å². The maximum atomic E-state index is 6.06. The summed E-state index contributed by atoms with van der Waals surface area (Å²) in [6, 6.07) is 0. The van der Waals surface area contributed by atoms with E-state index < -0.39 is 0 Å². The first-order chi connectivity index (χ1) is 10.1. The number of nitrogens with zero attached hydrogens (tertiary/aromatic N) is 2. The standard InChI is InChI=1S/C17H31N3O/c1-7-12-18-15-13(6)14(8-2)19-16(20-15)17(9-3,10-4)21-11-5/h7-12H2,1-6H3,(H,18,19,20). The van der Waals surface area contributed by atoms with Gasteiger partial charge < -0.3 is 10.1 Å². The Kier molecular flexibility index (Phi) is 7.09. The molecule has 4 heteroatoms. The first kappa shape index (κ1) is 17.9. The Morgan fingerprint density at radius 1 is 1.05 bits per heavy atom. The zero-order valence-corrected chi connectivity index (χ0v) is 14.5. The minimum Gasteiger partial charge on any atom is -0.370 e. The maximum absolute atomic E-state index is 6.06. The van der Waals surface area contributed by atoms with E-state index in [2.05, 4.69) is 39.9 Å². The van der Waals surface area contributed by atoms with Crippen molar-refractivity contribution in [2.24, 2.45) is 0 Å². The lowest BCUT2D eigenvalue weighted by Gasteiger charge is -2.31. The van der Waals surface area contributed by atoms with E-state index >= 15 is 0 Å². The molecule has 0 fully saturated rings. The van der Waals surface area contributed by atoms with Crippen LogP contribution in [-0.4, -0.2) is 23.1 Å². The summed E-state index contributed by atoms with van der Waals surface area (Å²) in [5.41, 5.74) is 1.91. The molecular formula is C17H31N3O. The topological polar surface area (TPSA) is 47.0 Å². The van der Waals surface area contributed by atoms with Crippen LogP contribution in [-0.2, 0) is 16.8 Å². The van der Waals surface area contributed by atoms with Crippen LogP contribution < -0.4 is 5.32 Å². The summed E-state index contributed by atoms with van der Waals surface area (Å²) >= 11 is 0. The van der Waals surface area contributed by atoms with Crippen LogP contribution in [0.3, 0.4) is 0 Å². The number of nitrogens with one attached hydrogen (secondary N) is 1. The van der Waals surface area contributed by atoms with Crippen molar-refractivity contribution in [2.75, 3.05) is 18.5 Å². The lowest BCUT2D eigenvalue weighted by Crippen LogP contribution is -2.32. The Labute approximate surface area is 129 Å². The van der Waals surface area contributed by atoms with Gasteiger partial charge in [-0.25, -0.2) is 9.97 Å². The number of rotatable bonds is 9. The fourth-order valence-corrected chi connectivity index (χ4v) is 2.64. The van der Waals surface area contributed by atoms with Crippen LogP contribution in [0.1, 0.15) is 71.0 Å². The summed E-state index contributed by atoms with van der Waals surface area (Å²) in [6.07, 6.45) is 3.77. The van der Waals surface area contributed by atoms with Crippen molar-refractivity contribution in [3.05, 3.63) is 17.1 Å². The molecule has 1 aromatic heterocycles. The third kappa shape index (κ3) is 3.94. The summed E-state index contributed by atoms with van der Waals surface area (Å²) in [6.45, 7) is 14.3. The molecule has 120 valence electrons. The Morgan fingerprint density at radius 3 is 2.19 bits per heavy atom. The summed E-state index contributed by atoms with van der Waals surface area (Å²) in [5, 5.41) is 3.43. The average Bonchev–Trinajstić information content (AvgIpc) is 2.51. The van der Waals surface area contributed by atoms with Gasteiger partial charge in [0, 0.05) is 24.4 Å². The normalized spacial score (nSPS) is 11.7. The molecule has 21 heavy (non-hydrogen) atoms. The van der Waals surface area contributed by atoms with Gasteiger partial charge in [-0.15, -0.1) is 0 Å². The fourth-order valence-electron chi connectivity index (χ4n) is 2.64. The molecular weight excluding hydrogens is 262 g/mol. The monoisotopic (exact) mass is 293 g/mol. The molecule has 0 aliphatic heterocycles. The highest BCUT2D eigenvalue weighted by Crippen LogP contribution is 2.32. The summed E-state index contributed by atoms with van der Waals surface area (Å²) in [5.74, 6) is 1.79. The third-order valence-electron chi connectivity index (χ3n) is 4.09. The second kappa shape index (κ2) is 8.32. The molecule has 0 saturated carbocycles. The Morgan fingerprint density at radius 2 is 1.71 bits per heavy atom. The number of hydrogen-bond donors (Lipinski definition) is 1. The van der Waals surface area contributed by atoms with E-state index in [1.54, 1.807) is 0 Å². The molecule has 0 radical (unpaired) electrons. The van der Waals surface area contributed by atoms with Crippen molar-refractivity contribution < 1.29 is 4.74 Å². The lowest BCUT2D eigenvalue weighted by molar-refractivity contribution is -0.0572. The number of ether oxygens (including phenoxy) is 1. The molecule has 0 aliphatic rings. The predicted octanol–water partition coefficient (Wildman–Crippen LogP) is 4.22. The largest absolute Gasteiger partial charge is 0.370 e. The highest BCUT2D eigenvalue weighted by atomic mass is 16.5. The van der Waals surface area contributed by atoms with Gasteiger partial charge in [0.05, 0.1) is 0 Å². The zero-order chi connectivity index (χ0) is 15.9. The van der Waals surface area contributed by atoms with Gasteiger partial charge in [0.25, 0.3) is 0 Å². The first-order valence-electron chi connectivity index (χ1n) is 8.34.